The lowest BCUT2D eigenvalue weighted by Crippen LogP contribution is -2.12. The van der Waals surface area contributed by atoms with Gasteiger partial charge in [0.2, 0.25) is 0 Å². The highest BCUT2D eigenvalue weighted by molar-refractivity contribution is 9.10. The number of aromatic amines is 1. The number of amides is 1. The molecule has 6 nitrogen and oxygen atoms in total. The Labute approximate surface area is 133 Å². The van der Waals surface area contributed by atoms with Crippen LogP contribution in [0.15, 0.2) is 50.4 Å². The standard InChI is InChI=1S/C15H9BrN4O2/c16-11-8-4-1-2-6-10(8)18-12(11)15-19-13(20-22-15)9-5-3-7-17-14(9)21/h1-7,9,18H. The fourth-order valence-corrected chi connectivity index (χ4v) is 2.97. The molecule has 3 heterocycles. The zero-order valence-corrected chi connectivity index (χ0v) is 12.7. The Hall–Kier alpha value is -2.54. The molecular formula is C15H9BrN4O2. The fourth-order valence-electron chi connectivity index (χ4n) is 2.35. The van der Waals surface area contributed by atoms with Crippen molar-refractivity contribution < 1.29 is 9.32 Å². The fraction of sp³-hybridized carbons (Fsp3) is 0.0667. The van der Waals surface area contributed by atoms with E-state index < -0.39 is 5.92 Å². The van der Waals surface area contributed by atoms with Crippen LogP contribution in [0.5, 0.6) is 0 Å². The number of halogens is 1. The lowest BCUT2D eigenvalue weighted by Gasteiger charge is -2.04. The highest BCUT2D eigenvalue weighted by Crippen LogP contribution is 2.34. The minimum Gasteiger partial charge on any atom is -0.350 e. The molecule has 0 bridgehead atoms. The van der Waals surface area contributed by atoms with E-state index in [1.807, 2.05) is 24.3 Å². The molecular weight excluding hydrogens is 348 g/mol. The van der Waals surface area contributed by atoms with Crippen LogP contribution in [0, 0.1) is 0 Å². The first kappa shape index (κ1) is 13.1. The van der Waals surface area contributed by atoms with Crippen molar-refractivity contribution in [3.05, 3.63) is 46.7 Å². The summed E-state index contributed by atoms with van der Waals surface area (Å²) in [7, 11) is 0. The van der Waals surface area contributed by atoms with E-state index in [9.17, 15) is 4.79 Å². The highest BCUT2D eigenvalue weighted by Gasteiger charge is 2.25. The number of allylic oxidation sites excluding steroid dienone is 1. The summed E-state index contributed by atoms with van der Waals surface area (Å²) in [6.45, 7) is 0. The van der Waals surface area contributed by atoms with Gasteiger partial charge in [-0.3, -0.25) is 4.79 Å². The number of para-hydroxylation sites is 1. The summed E-state index contributed by atoms with van der Waals surface area (Å²) in [5.74, 6) is -0.260. The summed E-state index contributed by atoms with van der Waals surface area (Å²) >= 11 is 3.54. The number of H-pyrrole nitrogens is 1. The number of nitrogens with zero attached hydrogens (tertiary/aromatic N) is 3. The van der Waals surface area contributed by atoms with E-state index in [2.05, 4.69) is 36.0 Å². The van der Waals surface area contributed by atoms with Crippen molar-refractivity contribution >= 4 is 39.0 Å². The average molecular weight is 357 g/mol. The zero-order valence-electron chi connectivity index (χ0n) is 11.2. The van der Waals surface area contributed by atoms with Crippen molar-refractivity contribution in [1.82, 2.24) is 15.1 Å². The van der Waals surface area contributed by atoms with Gasteiger partial charge in [-0.2, -0.15) is 4.98 Å². The molecule has 1 aliphatic heterocycles. The minimum absolute atomic E-state index is 0.300. The number of carbonyl (C=O) groups is 1. The Morgan fingerprint density at radius 3 is 2.95 bits per heavy atom. The van der Waals surface area contributed by atoms with Crippen LogP contribution in [-0.4, -0.2) is 27.2 Å². The SMILES string of the molecule is O=C1N=CC=CC1c1noc(-c2[nH]c3ccccc3c2Br)n1. The molecule has 1 unspecified atom stereocenters. The first-order valence-electron chi connectivity index (χ1n) is 6.59. The van der Waals surface area contributed by atoms with E-state index in [0.29, 0.717) is 17.4 Å². The molecule has 0 saturated heterocycles. The monoisotopic (exact) mass is 356 g/mol. The molecule has 22 heavy (non-hydrogen) atoms. The van der Waals surface area contributed by atoms with E-state index in [-0.39, 0.29) is 5.91 Å². The Balaban J connectivity index is 1.77. The van der Waals surface area contributed by atoms with E-state index in [0.717, 1.165) is 15.4 Å². The number of fused-ring (bicyclic) bond motifs is 1. The molecule has 1 atom stereocenters. The third kappa shape index (κ3) is 2.01. The molecule has 0 saturated carbocycles. The van der Waals surface area contributed by atoms with Crippen molar-refractivity contribution in [2.75, 3.05) is 0 Å². The molecule has 1 aromatic carbocycles. The van der Waals surface area contributed by atoms with Gasteiger partial charge >= 0.3 is 0 Å². The molecule has 0 fully saturated rings. The Morgan fingerprint density at radius 1 is 1.27 bits per heavy atom. The number of aromatic nitrogens is 3. The Bertz CT molecular complexity index is 938. The van der Waals surface area contributed by atoms with Crippen LogP contribution in [-0.2, 0) is 4.79 Å². The van der Waals surface area contributed by atoms with E-state index in [1.54, 1.807) is 12.2 Å². The van der Waals surface area contributed by atoms with Crippen molar-refractivity contribution in [2.24, 2.45) is 4.99 Å². The van der Waals surface area contributed by atoms with Crippen molar-refractivity contribution in [2.45, 2.75) is 5.92 Å². The Kier molecular flexibility index (Phi) is 3.00. The summed E-state index contributed by atoms with van der Waals surface area (Å²) in [4.78, 5) is 23.1. The number of benzene rings is 1. The second-order valence-electron chi connectivity index (χ2n) is 4.80. The normalized spacial score (nSPS) is 17.5. The average Bonchev–Trinajstić information content (AvgIpc) is 3.13. The third-order valence-corrected chi connectivity index (χ3v) is 4.26. The molecule has 0 aliphatic carbocycles. The number of hydrogen-bond acceptors (Lipinski definition) is 4. The van der Waals surface area contributed by atoms with Crippen molar-refractivity contribution in [3.63, 3.8) is 0 Å². The van der Waals surface area contributed by atoms with Crippen LogP contribution < -0.4 is 0 Å². The topological polar surface area (TPSA) is 84.1 Å². The quantitative estimate of drug-likeness (QED) is 0.763. The van der Waals surface area contributed by atoms with Gasteiger partial charge in [0.05, 0.1) is 4.47 Å². The largest absolute Gasteiger partial charge is 0.350 e. The van der Waals surface area contributed by atoms with Crippen LogP contribution in [0.3, 0.4) is 0 Å². The molecule has 1 amide bonds. The second-order valence-corrected chi connectivity index (χ2v) is 5.59. The molecule has 2 aromatic heterocycles. The predicted octanol–water partition coefficient (Wildman–Crippen LogP) is 3.23. The molecule has 0 spiro atoms. The summed E-state index contributed by atoms with van der Waals surface area (Å²) in [6.07, 6.45) is 4.85. The first-order chi connectivity index (χ1) is 10.7. The summed E-state index contributed by atoms with van der Waals surface area (Å²) in [6, 6.07) is 7.84. The van der Waals surface area contributed by atoms with E-state index in [4.69, 9.17) is 4.52 Å². The van der Waals surface area contributed by atoms with Crippen molar-refractivity contribution in [3.8, 4) is 11.6 Å². The number of nitrogens with one attached hydrogen (secondary N) is 1. The second kappa shape index (κ2) is 5.03. The zero-order chi connectivity index (χ0) is 15.1. The first-order valence-corrected chi connectivity index (χ1v) is 7.38. The molecule has 0 radical (unpaired) electrons. The minimum atomic E-state index is -0.592. The summed E-state index contributed by atoms with van der Waals surface area (Å²) < 4.78 is 6.15. The number of dihydropyridines is 1. The van der Waals surface area contributed by atoms with Gasteiger partial charge in [-0.25, -0.2) is 4.99 Å². The molecule has 3 aromatic rings. The van der Waals surface area contributed by atoms with Gasteiger partial charge in [0.15, 0.2) is 5.82 Å². The van der Waals surface area contributed by atoms with Gasteiger partial charge in [0, 0.05) is 17.1 Å². The van der Waals surface area contributed by atoms with Gasteiger partial charge in [-0.05, 0) is 28.1 Å². The van der Waals surface area contributed by atoms with Gasteiger partial charge in [0.1, 0.15) is 11.6 Å². The van der Waals surface area contributed by atoms with Crippen LogP contribution in [0.4, 0.5) is 0 Å². The van der Waals surface area contributed by atoms with E-state index in [1.165, 1.54) is 6.21 Å². The van der Waals surface area contributed by atoms with Gasteiger partial charge in [-0.15, -0.1) is 0 Å². The van der Waals surface area contributed by atoms with Gasteiger partial charge in [0.25, 0.3) is 11.8 Å². The molecule has 4 rings (SSSR count). The van der Waals surface area contributed by atoms with Crippen LogP contribution in [0.25, 0.3) is 22.5 Å². The summed E-state index contributed by atoms with van der Waals surface area (Å²) in [5.41, 5.74) is 1.65. The number of carbonyl (C=O) groups excluding carboxylic acids is 1. The number of rotatable bonds is 2. The molecule has 108 valence electrons. The van der Waals surface area contributed by atoms with Crippen molar-refractivity contribution in [1.29, 1.82) is 0 Å². The van der Waals surface area contributed by atoms with E-state index >= 15 is 0 Å². The van der Waals surface area contributed by atoms with Crippen LogP contribution in [0.1, 0.15) is 11.7 Å². The smallest absolute Gasteiger partial charge is 0.275 e. The molecule has 1 N–H and O–H groups in total. The van der Waals surface area contributed by atoms with Crippen LogP contribution in [0.2, 0.25) is 0 Å². The third-order valence-electron chi connectivity index (χ3n) is 3.43. The molecule has 1 aliphatic rings. The van der Waals surface area contributed by atoms with Crippen LogP contribution >= 0.6 is 15.9 Å². The maximum atomic E-state index is 11.8. The maximum absolute atomic E-state index is 11.8. The Morgan fingerprint density at radius 2 is 2.14 bits per heavy atom. The van der Waals surface area contributed by atoms with Gasteiger partial charge in [-0.1, -0.05) is 29.4 Å². The highest BCUT2D eigenvalue weighted by atomic mass is 79.9. The number of hydrogen-bond donors (Lipinski definition) is 1. The van der Waals surface area contributed by atoms with Gasteiger partial charge < -0.3 is 9.51 Å². The molecule has 7 heteroatoms. The number of aliphatic imine (C=N–C) groups is 1. The lowest BCUT2D eigenvalue weighted by atomic mass is 10.1. The predicted molar refractivity (Wildman–Crippen MR) is 84.7 cm³/mol. The lowest BCUT2D eigenvalue weighted by molar-refractivity contribution is -0.118. The maximum Gasteiger partial charge on any atom is 0.275 e. The summed E-state index contributed by atoms with van der Waals surface area (Å²) in [5, 5.41) is 4.93.